The number of fused-ring (bicyclic) bond motifs is 1. The topological polar surface area (TPSA) is 104 Å². The van der Waals surface area contributed by atoms with E-state index in [1.54, 1.807) is 25.1 Å². The van der Waals surface area contributed by atoms with E-state index in [4.69, 9.17) is 9.47 Å². The minimum atomic E-state index is -3.44. The van der Waals surface area contributed by atoms with Crippen LogP contribution in [0.4, 0.5) is 0 Å². The molecule has 0 aliphatic carbocycles. The number of esters is 1. The molecule has 3 rings (SSSR count). The lowest BCUT2D eigenvalue weighted by Gasteiger charge is -2.13. The lowest BCUT2D eigenvalue weighted by Crippen LogP contribution is -2.05. The first-order valence-corrected chi connectivity index (χ1v) is 12.9. The number of carbonyl (C=O) groups excluding carboxylic acids is 1. The fourth-order valence-electron chi connectivity index (χ4n) is 3.03. The fraction of sp³-hybridized carbons (Fsp3) is 0.227. The van der Waals surface area contributed by atoms with Crippen LogP contribution in [-0.2, 0) is 35.6 Å². The van der Waals surface area contributed by atoms with Crippen molar-refractivity contribution in [3.05, 3.63) is 60.2 Å². The number of ether oxygens (including phenoxy) is 2. The molecule has 0 amide bonds. The Hall–Kier alpha value is -2.91. The Kier molecular flexibility index (Phi) is 6.38. The number of sulfone groups is 2. The van der Waals surface area contributed by atoms with Crippen molar-refractivity contribution in [3.63, 3.8) is 0 Å². The molecule has 31 heavy (non-hydrogen) atoms. The first kappa shape index (κ1) is 22.8. The summed E-state index contributed by atoms with van der Waals surface area (Å²) in [6, 6.07) is 14.0. The lowest BCUT2D eigenvalue weighted by atomic mass is 10.0. The zero-order valence-corrected chi connectivity index (χ0v) is 18.9. The van der Waals surface area contributed by atoms with E-state index < -0.39 is 25.6 Å². The van der Waals surface area contributed by atoms with Crippen LogP contribution in [0, 0.1) is 0 Å². The van der Waals surface area contributed by atoms with Gasteiger partial charge < -0.3 is 9.47 Å². The average Bonchev–Trinajstić information content (AvgIpc) is 2.73. The van der Waals surface area contributed by atoms with Crippen molar-refractivity contribution < 1.29 is 31.1 Å². The number of benzene rings is 3. The molecule has 0 aromatic heterocycles. The Labute approximate surface area is 181 Å². The monoisotopic (exact) mass is 462 g/mol. The van der Waals surface area contributed by atoms with E-state index in [9.17, 15) is 21.6 Å². The lowest BCUT2D eigenvalue weighted by molar-refractivity contribution is -0.139. The van der Waals surface area contributed by atoms with Crippen molar-refractivity contribution in [1.82, 2.24) is 0 Å². The number of carbonyl (C=O) groups is 1. The third-order valence-corrected chi connectivity index (χ3v) is 7.60. The summed E-state index contributed by atoms with van der Waals surface area (Å²) in [6.45, 7) is 1.57. The Morgan fingerprint density at radius 2 is 1.55 bits per heavy atom. The Balaban J connectivity index is 2.10. The summed E-state index contributed by atoms with van der Waals surface area (Å²) in [5.41, 5.74) is 0.631. The molecule has 0 spiro atoms. The molecular formula is C22H22O7S2. The molecule has 3 aromatic rings. The van der Waals surface area contributed by atoms with E-state index in [1.807, 2.05) is 0 Å². The summed E-state index contributed by atoms with van der Waals surface area (Å²) in [4.78, 5) is 12.1. The quantitative estimate of drug-likeness (QED) is 0.495. The first-order chi connectivity index (χ1) is 14.5. The molecule has 0 heterocycles. The normalized spacial score (nSPS) is 12.0. The summed E-state index contributed by atoms with van der Waals surface area (Å²) < 4.78 is 58.7. The second-order valence-corrected chi connectivity index (χ2v) is 11.3. The van der Waals surface area contributed by atoms with Crippen LogP contribution in [0.15, 0.2) is 64.4 Å². The SMILES string of the molecule is CCS(=O)(=O)c1ccc(Oc2cc(CC(=O)OC)cc3ccc(S(C)(=O)=O)cc23)cc1. The molecule has 0 bridgehead atoms. The van der Waals surface area contributed by atoms with Gasteiger partial charge in [-0.05, 0) is 53.4 Å². The van der Waals surface area contributed by atoms with Gasteiger partial charge in [-0.1, -0.05) is 19.1 Å². The fourth-order valence-corrected chi connectivity index (χ4v) is 4.56. The number of hydrogen-bond acceptors (Lipinski definition) is 7. The molecular weight excluding hydrogens is 440 g/mol. The third kappa shape index (κ3) is 5.23. The van der Waals surface area contributed by atoms with Crippen LogP contribution in [0.25, 0.3) is 10.8 Å². The minimum absolute atomic E-state index is 0.0122. The maximum Gasteiger partial charge on any atom is 0.309 e. The molecule has 0 saturated heterocycles. The van der Waals surface area contributed by atoms with Gasteiger partial charge in [0.05, 0.1) is 29.1 Å². The predicted octanol–water partition coefficient (Wildman–Crippen LogP) is 3.54. The molecule has 0 saturated carbocycles. The molecule has 9 heteroatoms. The van der Waals surface area contributed by atoms with Crippen molar-refractivity contribution in [2.24, 2.45) is 0 Å². The molecule has 0 aliphatic rings. The first-order valence-electron chi connectivity index (χ1n) is 9.37. The molecule has 0 unspecified atom stereocenters. The van der Waals surface area contributed by atoms with Gasteiger partial charge in [-0.25, -0.2) is 16.8 Å². The van der Waals surface area contributed by atoms with Crippen LogP contribution < -0.4 is 4.74 Å². The Morgan fingerprint density at radius 3 is 2.13 bits per heavy atom. The van der Waals surface area contributed by atoms with Gasteiger partial charge in [-0.3, -0.25) is 4.79 Å². The van der Waals surface area contributed by atoms with Crippen molar-refractivity contribution in [3.8, 4) is 11.5 Å². The zero-order chi connectivity index (χ0) is 22.8. The second kappa shape index (κ2) is 8.68. The highest BCUT2D eigenvalue weighted by Gasteiger charge is 2.15. The predicted molar refractivity (Wildman–Crippen MR) is 117 cm³/mol. The smallest absolute Gasteiger partial charge is 0.309 e. The molecule has 0 radical (unpaired) electrons. The van der Waals surface area contributed by atoms with Gasteiger partial charge in [0.25, 0.3) is 0 Å². The Bertz CT molecular complexity index is 1340. The molecule has 164 valence electrons. The molecule has 7 nitrogen and oxygen atoms in total. The van der Waals surface area contributed by atoms with Crippen LogP contribution in [0.3, 0.4) is 0 Å². The van der Waals surface area contributed by atoms with Crippen molar-refractivity contribution in [2.75, 3.05) is 19.1 Å². The summed E-state index contributed by atoms with van der Waals surface area (Å²) in [7, 11) is -5.48. The van der Waals surface area contributed by atoms with Gasteiger partial charge in [-0.2, -0.15) is 0 Å². The Morgan fingerprint density at radius 1 is 0.903 bits per heavy atom. The van der Waals surface area contributed by atoms with Crippen LogP contribution in [0.1, 0.15) is 12.5 Å². The molecule has 0 aliphatic heterocycles. The number of methoxy groups -OCH3 is 1. The second-order valence-electron chi connectivity index (χ2n) is 6.98. The maximum absolute atomic E-state index is 12.0. The van der Waals surface area contributed by atoms with E-state index in [2.05, 4.69) is 0 Å². The van der Waals surface area contributed by atoms with Crippen molar-refractivity contribution in [1.29, 1.82) is 0 Å². The van der Waals surface area contributed by atoms with Crippen LogP contribution in [0.2, 0.25) is 0 Å². The van der Waals surface area contributed by atoms with Gasteiger partial charge in [0.2, 0.25) is 0 Å². The van der Waals surface area contributed by atoms with E-state index in [-0.39, 0.29) is 22.0 Å². The van der Waals surface area contributed by atoms with E-state index in [0.29, 0.717) is 27.8 Å². The van der Waals surface area contributed by atoms with Crippen molar-refractivity contribution >= 4 is 36.4 Å². The highest BCUT2D eigenvalue weighted by Crippen LogP contribution is 2.34. The molecule has 0 N–H and O–H groups in total. The summed E-state index contributed by atoms with van der Waals surface area (Å²) >= 11 is 0. The number of rotatable bonds is 7. The molecule has 0 atom stereocenters. The summed E-state index contributed by atoms with van der Waals surface area (Å²) in [5, 5.41) is 1.23. The van der Waals surface area contributed by atoms with Gasteiger partial charge in [0.1, 0.15) is 11.5 Å². The summed E-state index contributed by atoms with van der Waals surface area (Å²) in [5.74, 6) is 0.276. The zero-order valence-electron chi connectivity index (χ0n) is 17.3. The van der Waals surface area contributed by atoms with Crippen molar-refractivity contribution in [2.45, 2.75) is 23.1 Å². The minimum Gasteiger partial charge on any atom is -0.469 e. The number of hydrogen-bond donors (Lipinski definition) is 0. The van der Waals surface area contributed by atoms with Gasteiger partial charge in [0.15, 0.2) is 19.7 Å². The van der Waals surface area contributed by atoms with Crippen LogP contribution in [-0.4, -0.2) is 41.9 Å². The largest absolute Gasteiger partial charge is 0.469 e. The van der Waals surface area contributed by atoms with Gasteiger partial charge in [-0.15, -0.1) is 0 Å². The van der Waals surface area contributed by atoms with Crippen LogP contribution >= 0.6 is 0 Å². The maximum atomic E-state index is 12.0. The molecule has 3 aromatic carbocycles. The van der Waals surface area contributed by atoms with Gasteiger partial charge in [0, 0.05) is 11.6 Å². The van der Waals surface area contributed by atoms with E-state index >= 15 is 0 Å². The summed E-state index contributed by atoms with van der Waals surface area (Å²) in [6.07, 6.45) is 1.14. The standard InChI is InChI=1S/C22H22O7S2/c1-4-31(26,27)18-9-6-17(7-10-18)29-21-12-15(13-22(23)28-2)11-16-5-8-19(14-20(16)21)30(3,24)25/h5-12,14H,4,13H2,1-3H3. The van der Waals surface area contributed by atoms with E-state index in [0.717, 1.165) is 6.26 Å². The highest BCUT2D eigenvalue weighted by atomic mass is 32.2. The third-order valence-electron chi connectivity index (χ3n) is 4.74. The van der Waals surface area contributed by atoms with E-state index in [1.165, 1.54) is 43.5 Å². The average molecular weight is 463 g/mol. The molecule has 0 fully saturated rings. The van der Waals surface area contributed by atoms with Crippen LogP contribution in [0.5, 0.6) is 11.5 Å². The van der Waals surface area contributed by atoms with Gasteiger partial charge >= 0.3 is 5.97 Å². The highest BCUT2D eigenvalue weighted by molar-refractivity contribution is 7.91.